The van der Waals surface area contributed by atoms with Gasteiger partial charge in [-0.1, -0.05) is 34.7 Å². The number of likely N-dealkylation sites (tertiary alicyclic amines) is 1. The number of carbonyl (C=O) groups is 1. The molecule has 2 atom stereocenters. The molecule has 10 heteroatoms. The Hall–Kier alpha value is -2.72. The van der Waals surface area contributed by atoms with Gasteiger partial charge in [-0.3, -0.25) is 0 Å². The summed E-state index contributed by atoms with van der Waals surface area (Å²) in [6.07, 6.45) is 1.49. The number of nitrogens with zero attached hydrogens (tertiary/aromatic N) is 3. The van der Waals surface area contributed by atoms with Crippen molar-refractivity contribution < 1.29 is 27.6 Å². The average molecular weight is 494 g/mol. The van der Waals surface area contributed by atoms with E-state index >= 15 is 0 Å². The summed E-state index contributed by atoms with van der Waals surface area (Å²) in [5.41, 5.74) is 1.37. The number of pyridine rings is 1. The quantitative estimate of drug-likeness (QED) is 0.429. The average Bonchev–Trinajstić information content (AvgIpc) is 2.80. The van der Waals surface area contributed by atoms with Gasteiger partial charge in [-0.05, 0) is 38.0 Å². The first-order chi connectivity index (χ1) is 16.0. The van der Waals surface area contributed by atoms with Crippen LogP contribution in [0.25, 0.3) is 0 Å². The molecule has 2 aromatic rings. The third kappa shape index (κ3) is 6.44. The highest BCUT2D eigenvalue weighted by molar-refractivity contribution is 7.91. The standard InChI is InChI=1S/C24H29F2N3O4S/c1-23(2,3)34(31)28-14-19-12-18(13-27-21(19)32-4)20-15-29(11-10-24(20,25)26)22(30)33-16-17-8-6-5-7-9-17/h5-9,12-14,20H,10-11,15-16H2,1-4H3. The van der Waals surface area contributed by atoms with Crippen molar-refractivity contribution in [3.63, 3.8) is 0 Å². The molecule has 1 aliphatic heterocycles. The van der Waals surface area contributed by atoms with Crippen molar-refractivity contribution in [1.82, 2.24) is 9.88 Å². The zero-order valence-electron chi connectivity index (χ0n) is 19.7. The van der Waals surface area contributed by atoms with Gasteiger partial charge in [0.1, 0.15) is 22.7 Å². The van der Waals surface area contributed by atoms with Gasteiger partial charge in [0, 0.05) is 25.7 Å². The van der Waals surface area contributed by atoms with Crippen LogP contribution in [0.1, 0.15) is 49.8 Å². The van der Waals surface area contributed by atoms with E-state index in [2.05, 4.69) is 9.38 Å². The first-order valence-electron chi connectivity index (χ1n) is 10.8. The molecule has 1 saturated heterocycles. The summed E-state index contributed by atoms with van der Waals surface area (Å²) in [5, 5.41) is 0. The number of hydrogen-bond donors (Lipinski definition) is 0. The molecule has 0 saturated carbocycles. The highest BCUT2D eigenvalue weighted by Gasteiger charge is 2.46. The first kappa shape index (κ1) is 25.9. The third-order valence-electron chi connectivity index (χ3n) is 5.40. The molecule has 2 unspecified atom stereocenters. The number of amides is 1. The van der Waals surface area contributed by atoms with Crippen molar-refractivity contribution in [2.75, 3.05) is 20.2 Å². The van der Waals surface area contributed by atoms with Crippen molar-refractivity contribution in [2.24, 2.45) is 4.40 Å². The maximum atomic E-state index is 14.9. The fourth-order valence-electron chi connectivity index (χ4n) is 3.43. The Morgan fingerprint density at radius 1 is 1.35 bits per heavy atom. The second kappa shape index (κ2) is 10.7. The van der Waals surface area contributed by atoms with Crippen molar-refractivity contribution >= 4 is 23.7 Å². The molecule has 0 spiro atoms. The number of hydrogen-bond acceptors (Lipinski definition) is 6. The van der Waals surface area contributed by atoms with Crippen LogP contribution in [0.15, 0.2) is 47.0 Å². The number of piperidine rings is 1. The van der Waals surface area contributed by atoms with Gasteiger partial charge >= 0.3 is 6.09 Å². The van der Waals surface area contributed by atoms with E-state index in [0.29, 0.717) is 5.56 Å². The lowest BCUT2D eigenvalue weighted by atomic mass is 9.87. The summed E-state index contributed by atoms with van der Waals surface area (Å²) in [5.74, 6) is -4.16. The fraction of sp³-hybridized carbons (Fsp3) is 0.458. The van der Waals surface area contributed by atoms with E-state index in [1.54, 1.807) is 20.8 Å². The van der Waals surface area contributed by atoms with Gasteiger partial charge in [-0.2, -0.15) is 0 Å². The molecule has 1 fully saturated rings. The Kier molecular flexibility index (Phi) is 8.14. The summed E-state index contributed by atoms with van der Waals surface area (Å²) in [6, 6.07) is 10.6. The number of benzene rings is 1. The van der Waals surface area contributed by atoms with Crippen LogP contribution in [0.5, 0.6) is 5.88 Å². The maximum absolute atomic E-state index is 14.9. The summed E-state index contributed by atoms with van der Waals surface area (Å²) in [6.45, 7) is 5.06. The summed E-state index contributed by atoms with van der Waals surface area (Å²) >= 11 is -1.54. The number of methoxy groups -OCH3 is 1. The molecule has 1 amide bonds. The predicted molar refractivity (Wildman–Crippen MR) is 127 cm³/mol. The van der Waals surface area contributed by atoms with Crippen LogP contribution in [0.3, 0.4) is 0 Å². The highest BCUT2D eigenvalue weighted by Crippen LogP contribution is 2.41. The minimum Gasteiger partial charge on any atom is -0.591 e. The molecule has 2 heterocycles. The van der Waals surface area contributed by atoms with E-state index in [9.17, 15) is 18.1 Å². The van der Waals surface area contributed by atoms with Gasteiger partial charge < -0.3 is 18.9 Å². The SMILES string of the molecule is COc1ncc(C2CN(C(=O)OCc3ccccc3)CCC2(F)F)cc1C=N[S+]([O-])C(C)(C)C. The molecule has 34 heavy (non-hydrogen) atoms. The smallest absolute Gasteiger partial charge is 0.410 e. The largest absolute Gasteiger partial charge is 0.591 e. The molecule has 0 bridgehead atoms. The number of aromatic nitrogens is 1. The molecule has 0 radical (unpaired) electrons. The molecule has 1 aromatic heterocycles. The summed E-state index contributed by atoms with van der Waals surface area (Å²) < 4.78 is 56.1. The normalized spacial score (nSPS) is 19.1. The van der Waals surface area contributed by atoms with Crippen LogP contribution in [-0.2, 0) is 22.7 Å². The van der Waals surface area contributed by atoms with Crippen LogP contribution >= 0.6 is 0 Å². The minimum atomic E-state index is -3.05. The number of carbonyl (C=O) groups excluding carboxylic acids is 1. The molecule has 1 aliphatic rings. The van der Waals surface area contributed by atoms with E-state index in [1.165, 1.54) is 30.5 Å². The van der Waals surface area contributed by atoms with Crippen molar-refractivity contribution in [1.29, 1.82) is 0 Å². The van der Waals surface area contributed by atoms with E-state index in [0.717, 1.165) is 5.56 Å². The zero-order valence-corrected chi connectivity index (χ0v) is 20.5. The zero-order chi connectivity index (χ0) is 24.9. The van der Waals surface area contributed by atoms with Gasteiger partial charge in [-0.25, -0.2) is 18.6 Å². The first-order valence-corrected chi connectivity index (χ1v) is 12.0. The lowest BCUT2D eigenvalue weighted by Gasteiger charge is -2.38. The topological polar surface area (TPSA) is 87.1 Å². The molecule has 3 rings (SSSR count). The lowest BCUT2D eigenvalue weighted by molar-refractivity contribution is -0.0729. The second-order valence-corrected chi connectivity index (χ2v) is 10.9. The molecular weight excluding hydrogens is 464 g/mol. The molecule has 184 valence electrons. The van der Waals surface area contributed by atoms with Gasteiger partial charge in [0.25, 0.3) is 5.92 Å². The highest BCUT2D eigenvalue weighted by atomic mass is 32.2. The Bertz CT molecular complexity index is 1020. The lowest BCUT2D eigenvalue weighted by Crippen LogP contribution is -2.48. The number of alkyl halides is 2. The van der Waals surface area contributed by atoms with Crippen LogP contribution in [0.4, 0.5) is 13.6 Å². The van der Waals surface area contributed by atoms with E-state index in [1.807, 2.05) is 30.3 Å². The van der Waals surface area contributed by atoms with Crippen LogP contribution in [0, 0.1) is 0 Å². The van der Waals surface area contributed by atoms with Crippen molar-refractivity contribution in [3.05, 3.63) is 59.3 Å². The Morgan fingerprint density at radius 3 is 2.71 bits per heavy atom. The fourth-order valence-corrected chi connectivity index (χ4v) is 3.96. The van der Waals surface area contributed by atoms with Crippen LogP contribution in [-0.4, -0.2) is 57.6 Å². The minimum absolute atomic E-state index is 0.0624. The van der Waals surface area contributed by atoms with Crippen LogP contribution < -0.4 is 4.74 Å². The molecule has 0 aliphatic carbocycles. The Labute approximate surface area is 201 Å². The maximum Gasteiger partial charge on any atom is 0.410 e. The Balaban J connectivity index is 1.79. The predicted octanol–water partition coefficient (Wildman–Crippen LogP) is 4.73. The summed E-state index contributed by atoms with van der Waals surface area (Å²) in [7, 11) is 1.40. The molecular formula is C24H29F2N3O4S. The number of rotatable bonds is 6. The third-order valence-corrected chi connectivity index (χ3v) is 6.74. The number of halogens is 2. The van der Waals surface area contributed by atoms with E-state index in [4.69, 9.17) is 9.47 Å². The van der Waals surface area contributed by atoms with Gasteiger partial charge in [0.15, 0.2) is 0 Å². The van der Waals surface area contributed by atoms with E-state index < -0.39 is 40.5 Å². The van der Waals surface area contributed by atoms with Crippen molar-refractivity contribution in [2.45, 2.75) is 50.4 Å². The van der Waals surface area contributed by atoms with Gasteiger partial charge in [-0.15, -0.1) is 0 Å². The van der Waals surface area contributed by atoms with Crippen molar-refractivity contribution in [3.8, 4) is 5.88 Å². The summed E-state index contributed by atoms with van der Waals surface area (Å²) in [4.78, 5) is 18.0. The number of ether oxygens (including phenoxy) is 2. The molecule has 1 aromatic carbocycles. The van der Waals surface area contributed by atoms with Crippen LogP contribution in [0.2, 0.25) is 0 Å². The van der Waals surface area contributed by atoms with Gasteiger partial charge in [0.05, 0.1) is 24.8 Å². The Morgan fingerprint density at radius 2 is 2.06 bits per heavy atom. The molecule has 0 N–H and O–H groups in total. The van der Waals surface area contributed by atoms with Gasteiger partial charge in [0.2, 0.25) is 5.88 Å². The van der Waals surface area contributed by atoms with E-state index in [-0.39, 0.29) is 31.1 Å². The molecule has 7 nitrogen and oxygen atoms in total. The second-order valence-electron chi connectivity index (χ2n) is 9.01. The monoisotopic (exact) mass is 493 g/mol.